The van der Waals surface area contributed by atoms with E-state index in [2.05, 4.69) is 0 Å². The first-order valence-electron chi connectivity index (χ1n) is 10.3. The Labute approximate surface area is 204 Å². The number of rotatable bonds is 9. The minimum absolute atomic E-state index is 0.0170. The number of aryl methyl sites for hydroxylation is 1. The lowest BCUT2D eigenvalue weighted by Gasteiger charge is -2.39. The Morgan fingerprint density at radius 2 is 1.85 bits per heavy atom. The van der Waals surface area contributed by atoms with Gasteiger partial charge in [-0.3, -0.25) is 0 Å². The van der Waals surface area contributed by atoms with Gasteiger partial charge in [-0.2, -0.15) is 0 Å². The van der Waals surface area contributed by atoms with Crippen LogP contribution in [0.4, 0.5) is 13.2 Å². The van der Waals surface area contributed by atoms with Gasteiger partial charge < -0.3 is 30.4 Å². The van der Waals surface area contributed by atoms with Crippen LogP contribution in [0.15, 0.2) is 42.6 Å². The summed E-state index contributed by atoms with van der Waals surface area (Å²) in [5.74, 6) is 2.25. The second-order valence-electron chi connectivity index (χ2n) is 7.58. The Hall–Kier alpha value is -1.99. The molecule has 0 spiro atoms. The van der Waals surface area contributed by atoms with Gasteiger partial charge in [0.25, 0.3) is 0 Å². The van der Waals surface area contributed by atoms with Crippen molar-refractivity contribution < 1.29 is 32.9 Å². The van der Waals surface area contributed by atoms with Crippen molar-refractivity contribution in [3.63, 3.8) is 0 Å². The number of benzene rings is 2. The maximum absolute atomic E-state index is 13.5. The van der Waals surface area contributed by atoms with E-state index >= 15 is 0 Å². The minimum Gasteiger partial charge on any atom is -0.397 e. The number of aliphatic hydroxyl groups excluding tert-OH is 2. The van der Waals surface area contributed by atoms with Gasteiger partial charge >= 0.3 is 0 Å². The van der Waals surface area contributed by atoms with E-state index in [0.29, 0.717) is 17.2 Å². The standard InChI is InChI=1S/C22H25ClF3N3O4S/c23-14-3-1-2-12(6-14)4-5-34-22-18(32-21(31)19(11-30)33-22)10-29(28)9-17(27)13-7-15(24)20(26)16(25)8-13/h1-3,6-9,18-19,21-22,30-31H,4-5,10-11,27-28H2/b17-9-. The van der Waals surface area contributed by atoms with Crippen LogP contribution in [0.1, 0.15) is 11.1 Å². The van der Waals surface area contributed by atoms with Crippen LogP contribution >= 0.6 is 23.4 Å². The summed E-state index contributed by atoms with van der Waals surface area (Å²) in [5.41, 5.74) is 6.09. The molecule has 4 atom stereocenters. The van der Waals surface area contributed by atoms with E-state index in [0.717, 1.165) is 22.7 Å². The second-order valence-corrected chi connectivity index (χ2v) is 9.22. The number of nitrogens with zero attached hydrogens (tertiary/aromatic N) is 1. The van der Waals surface area contributed by atoms with Gasteiger partial charge in [0.2, 0.25) is 0 Å². The number of thioether (sulfide) groups is 1. The summed E-state index contributed by atoms with van der Waals surface area (Å²) < 4.78 is 51.6. The van der Waals surface area contributed by atoms with Gasteiger partial charge in [0.05, 0.1) is 18.8 Å². The Morgan fingerprint density at radius 1 is 1.15 bits per heavy atom. The van der Waals surface area contributed by atoms with Crippen LogP contribution in [0.3, 0.4) is 0 Å². The number of hydrogen-bond donors (Lipinski definition) is 4. The first-order valence-corrected chi connectivity index (χ1v) is 11.7. The van der Waals surface area contributed by atoms with Crippen LogP contribution in [0.2, 0.25) is 5.02 Å². The molecule has 6 N–H and O–H groups in total. The molecule has 1 aliphatic heterocycles. The molecule has 0 amide bonds. The number of hydrogen-bond acceptors (Lipinski definition) is 8. The molecule has 12 heteroatoms. The molecule has 2 aromatic rings. The Balaban J connectivity index is 1.66. The number of ether oxygens (including phenoxy) is 2. The van der Waals surface area contributed by atoms with Gasteiger partial charge in [0.1, 0.15) is 17.6 Å². The van der Waals surface area contributed by atoms with Crippen molar-refractivity contribution in [2.24, 2.45) is 11.6 Å². The van der Waals surface area contributed by atoms with Gasteiger partial charge in [-0.1, -0.05) is 23.7 Å². The van der Waals surface area contributed by atoms with E-state index in [1.54, 1.807) is 6.07 Å². The Kier molecular flexibility index (Phi) is 9.48. The molecule has 1 aliphatic rings. The molecule has 7 nitrogen and oxygen atoms in total. The van der Waals surface area contributed by atoms with E-state index in [4.69, 9.17) is 32.7 Å². The summed E-state index contributed by atoms with van der Waals surface area (Å²) in [6.07, 6.45) is -1.16. The summed E-state index contributed by atoms with van der Waals surface area (Å²) in [6, 6.07) is 8.94. The van der Waals surface area contributed by atoms with Crippen molar-refractivity contribution in [2.75, 3.05) is 18.9 Å². The van der Waals surface area contributed by atoms with Crippen molar-refractivity contribution in [3.8, 4) is 0 Å². The molecule has 1 fully saturated rings. The molecule has 0 radical (unpaired) electrons. The molecule has 34 heavy (non-hydrogen) atoms. The van der Waals surface area contributed by atoms with Crippen LogP contribution < -0.4 is 11.6 Å². The zero-order chi connectivity index (χ0) is 24.8. The highest BCUT2D eigenvalue weighted by atomic mass is 35.5. The quantitative estimate of drug-likeness (QED) is 0.227. The summed E-state index contributed by atoms with van der Waals surface area (Å²) in [6.45, 7) is -0.461. The summed E-state index contributed by atoms with van der Waals surface area (Å²) in [4.78, 5) is 0. The average molecular weight is 520 g/mol. The zero-order valence-corrected chi connectivity index (χ0v) is 19.5. The van der Waals surface area contributed by atoms with Gasteiger partial charge in [0.15, 0.2) is 23.7 Å². The van der Waals surface area contributed by atoms with Gasteiger partial charge in [-0.25, -0.2) is 19.0 Å². The first-order chi connectivity index (χ1) is 16.2. The molecular formula is C22H25ClF3N3O4S. The smallest absolute Gasteiger partial charge is 0.194 e. The fourth-order valence-electron chi connectivity index (χ4n) is 3.29. The van der Waals surface area contributed by atoms with Gasteiger partial charge in [-0.15, -0.1) is 11.8 Å². The zero-order valence-electron chi connectivity index (χ0n) is 17.9. The monoisotopic (exact) mass is 519 g/mol. The molecule has 4 unspecified atom stereocenters. The predicted molar refractivity (Wildman–Crippen MR) is 124 cm³/mol. The van der Waals surface area contributed by atoms with Crippen LogP contribution in [0.25, 0.3) is 5.70 Å². The SMILES string of the molecule is N/C(=C\N(N)CC1OC(O)C(CO)OC1SCCc1cccc(Cl)c1)c1cc(F)c(F)c(F)c1. The van der Waals surface area contributed by atoms with Crippen molar-refractivity contribution in [3.05, 3.63) is 76.2 Å². The third kappa shape index (κ3) is 7.01. The highest BCUT2D eigenvalue weighted by Crippen LogP contribution is 2.29. The molecule has 0 aliphatic carbocycles. The lowest BCUT2D eigenvalue weighted by molar-refractivity contribution is -0.273. The molecule has 3 rings (SSSR count). The van der Waals surface area contributed by atoms with Crippen molar-refractivity contribution in [1.29, 1.82) is 0 Å². The molecular weight excluding hydrogens is 495 g/mol. The number of halogens is 4. The molecule has 0 bridgehead atoms. The topological polar surface area (TPSA) is 114 Å². The Morgan fingerprint density at radius 3 is 2.50 bits per heavy atom. The van der Waals surface area contributed by atoms with E-state index in [-0.39, 0.29) is 17.8 Å². The molecule has 1 heterocycles. The number of nitrogens with two attached hydrogens (primary N) is 2. The van der Waals surface area contributed by atoms with Crippen molar-refractivity contribution in [2.45, 2.75) is 30.4 Å². The Bertz CT molecular complexity index is 996. The second kappa shape index (κ2) is 12.1. The summed E-state index contributed by atoms with van der Waals surface area (Å²) >= 11 is 7.42. The summed E-state index contributed by atoms with van der Waals surface area (Å²) in [5, 5.41) is 21.3. The van der Waals surface area contributed by atoms with Gasteiger partial charge in [0, 0.05) is 16.8 Å². The first kappa shape index (κ1) is 26.6. The molecule has 2 aromatic carbocycles. The van der Waals surface area contributed by atoms with Crippen LogP contribution in [0.5, 0.6) is 0 Å². The molecule has 1 saturated heterocycles. The largest absolute Gasteiger partial charge is 0.397 e. The highest BCUT2D eigenvalue weighted by molar-refractivity contribution is 7.99. The van der Waals surface area contributed by atoms with Crippen molar-refractivity contribution in [1.82, 2.24) is 5.01 Å². The fraction of sp³-hybridized carbons (Fsp3) is 0.364. The number of hydrazine groups is 1. The van der Waals surface area contributed by atoms with E-state index in [1.807, 2.05) is 18.2 Å². The molecule has 0 saturated carbocycles. The van der Waals surface area contributed by atoms with E-state index < -0.39 is 48.0 Å². The third-order valence-corrected chi connectivity index (χ3v) is 6.42. The van der Waals surface area contributed by atoms with Crippen LogP contribution in [-0.4, -0.2) is 58.1 Å². The highest BCUT2D eigenvalue weighted by Gasteiger charge is 2.38. The van der Waals surface area contributed by atoms with E-state index in [9.17, 15) is 23.4 Å². The average Bonchev–Trinajstić information content (AvgIpc) is 2.78. The predicted octanol–water partition coefficient (Wildman–Crippen LogP) is 2.59. The van der Waals surface area contributed by atoms with Crippen LogP contribution in [-0.2, 0) is 15.9 Å². The van der Waals surface area contributed by atoms with Gasteiger partial charge in [-0.05, 0) is 42.0 Å². The molecule has 0 aromatic heterocycles. The maximum Gasteiger partial charge on any atom is 0.194 e. The lowest BCUT2D eigenvalue weighted by atomic mass is 10.1. The number of aliphatic hydroxyl groups is 2. The fourth-order valence-corrected chi connectivity index (χ4v) is 4.67. The maximum atomic E-state index is 13.5. The third-order valence-electron chi connectivity index (χ3n) is 5.00. The summed E-state index contributed by atoms with van der Waals surface area (Å²) in [7, 11) is 0. The minimum atomic E-state index is -1.60. The lowest BCUT2D eigenvalue weighted by Crippen LogP contribution is -2.53. The van der Waals surface area contributed by atoms with E-state index in [1.165, 1.54) is 18.0 Å². The molecule has 186 valence electrons. The normalized spacial score (nSPS) is 23.2. The van der Waals surface area contributed by atoms with Crippen LogP contribution in [0, 0.1) is 17.5 Å². The van der Waals surface area contributed by atoms with Crippen molar-refractivity contribution >= 4 is 29.1 Å².